The summed E-state index contributed by atoms with van der Waals surface area (Å²) < 4.78 is 0. The molecule has 4 heteroatoms. The van der Waals surface area contributed by atoms with E-state index in [1.807, 2.05) is 24.3 Å². The maximum absolute atomic E-state index is 12.6. The van der Waals surface area contributed by atoms with Gasteiger partial charge in [0.15, 0.2) is 0 Å². The Morgan fingerprint density at radius 2 is 1.83 bits per heavy atom. The minimum Gasteiger partial charge on any atom is -0.345 e. The third-order valence-corrected chi connectivity index (χ3v) is 4.62. The van der Waals surface area contributed by atoms with Crippen molar-refractivity contribution in [1.82, 2.24) is 4.90 Å². The second-order valence-electron chi connectivity index (χ2n) is 6.89. The van der Waals surface area contributed by atoms with Gasteiger partial charge in [0.1, 0.15) is 5.41 Å². The molecule has 1 N–H and O–H groups in total. The molecule has 1 aliphatic carbocycles. The van der Waals surface area contributed by atoms with E-state index in [1.165, 1.54) is 5.56 Å². The van der Waals surface area contributed by atoms with Gasteiger partial charge in [-0.1, -0.05) is 39.3 Å². The summed E-state index contributed by atoms with van der Waals surface area (Å²) >= 11 is 0. The molecule has 0 heterocycles. The molecule has 4 nitrogen and oxygen atoms in total. The Labute approximate surface area is 139 Å². The summed E-state index contributed by atoms with van der Waals surface area (Å²) in [6.45, 7) is 7.08. The first kappa shape index (κ1) is 17.5. The quantitative estimate of drug-likeness (QED) is 0.778. The number of hydrogen-bond acceptors (Lipinski definition) is 2. The van der Waals surface area contributed by atoms with Crippen LogP contribution < -0.4 is 5.32 Å². The summed E-state index contributed by atoms with van der Waals surface area (Å²) in [5.41, 5.74) is 1.16. The van der Waals surface area contributed by atoms with Crippen molar-refractivity contribution >= 4 is 17.5 Å². The number of hydrogen-bond donors (Lipinski definition) is 1. The van der Waals surface area contributed by atoms with E-state index in [2.05, 4.69) is 26.1 Å². The zero-order valence-corrected chi connectivity index (χ0v) is 14.7. The van der Waals surface area contributed by atoms with Crippen LogP contribution in [0.25, 0.3) is 0 Å². The summed E-state index contributed by atoms with van der Waals surface area (Å²) in [6.07, 6.45) is 3.31. The normalized spacial score (nSPS) is 15.3. The predicted molar refractivity (Wildman–Crippen MR) is 93.4 cm³/mol. The molecule has 1 aliphatic rings. The van der Waals surface area contributed by atoms with Gasteiger partial charge in [-0.15, -0.1) is 0 Å². The van der Waals surface area contributed by atoms with Crippen molar-refractivity contribution in [2.75, 3.05) is 18.9 Å². The van der Waals surface area contributed by atoms with Gasteiger partial charge in [-0.3, -0.25) is 9.59 Å². The highest BCUT2D eigenvalue weighted by Crippen LogP contribution is 2.48. The molecule has 0 bridgehead atoms. The average Bonchev–Trinajstić information content (AvgIpc) is 3.34. The number of amides is 2. The summed E-state index contributed by atoms with van der Waals surface area (Å²) in [5.74, 6) is 0.258. The number of unbranched alkanes of at least 4 members (excludes halogenated alkanes) is 1. The van der Waals surface area contributed by atoms with E-state index in [0.29, 0.717) is 25.3 Å². The lowest BCUT2D eigenvalue weighted by Gasteiger charge is -2.23. The second kappa shape index (κ2) is 7.16. The van der Waals surface area contributed by atoms with Gasteiger partial charge < -0.3 is 10.2 Å². The average molecular weight is 316 g/mol. The van der Waals surface area contributed by atoms with Crippen LogP contribution in [-0.4, -0.2) is 30.3 Å². The minimum absolute atomic E-state index is 0.0396. The molecule has 0 aromatic heterocycles. The highest BCUT2D eigenvalue weighted by atomic mass is 16.2. The molecule has 1 aromatic carbocycles. The SMILES string of the molecule is CCCCN(C)C(=O)C1(C(=O)Nc2ccc(C(C)C)cc2)CC1. The summed E-state index contributed by atoms with van der Waals surface area (Å²) in [5, 5.41) is 2.92. The molecule has 0 atom stereocenters. The van der Waals surface area contributed by atoms with Gasteiger partial charge >= 0.3 is 0 Å². The van der Waals surface area contributed by atoms with Crippen LogP contribution >= 0.6 is 0 Å². The van der Waals surface area contributed by atoms with Crippen LogP contribution in [0, 0.1) is 5.41 Å². The Bertz CT molecular complexity index is 559. The molecule has 0 spiro atoms. The molecule has 2 rings (SSSR count). The van der Waals surface area contributed by atoms with Crippen molar-refractivity contribution in [3.05, 3.63) is 29.8 Å². The second-order valence-corrected chi connectivity index (χ2v) is 6.89. The smallest absolute Gasteiger partial charge is 0.240 e. The molecule has 126 valence electrons. The van der Waals surface area contributed by atoms with E-state index >= 15 is 0 Å². The van der Waals surface area contributed by atoms with Crippen LogP contribution in [0.5, 0.6) is 0 Å². The van der Waals surface area contributed by atoms with Crippen molar-refractivity contribution in [3.63, 3.8) is 0 Å². The van der Waals surface area contributed by atoms with E-state index in [-0.39, 0.29) is 11.8 Å². The Morgan fingerprint density at radius 1 is 1.22 bits per heavy atom. The molecule has 0 aliphatic heterocycles. The number of nitrogens with zero attached hydrogens (tertiary/aromatic N) is 1. The zero-order chi connectivity index (χ0) is 17.0. The van der Waals surface area contributed by atoms with Gasteiger partial charge in [-0.2, -0.15) is 0 Å². The molecule has 0 radical (unpaired) electrons. The first-order valence-corrected chi connectivity index (χ1v) is 8.57. The lowest BCUT2D eigenvalue weighted by molar-refractivity contribution is -0.141. The van der Waals surface area contributed by atoms with Gasteiger partial charge in [-0.05, 0) is 42.9 Å². The number of carbonyl (C=O) groups is 2. The van der Waals surface area contributed by atoms with Gasteiger partial charge in [-0.25, -0.2) is 0 Å². The third kappa shape index (κ3) is 3.92. The molecular weight excluding hydrogens is 288 g/mol. The van der Waals surface area contributed by atoms with E-state index in [9.17, 15) is 9.59 Å². The first-order chi connectivity index (χ1) is 10.9. The lowest BCUT2D eigenvalue weighted by Crippen LogP contribution is -2.41. The molecule has 0 unspecified atom stereocenters. The highest BCUT2D eigenvalue weighted by Gasteiger charge is 2.57. The van der Waals surface area contributed by atoms with Crippen LogP contribution in [0.3, 0.4) is 0 Å². The van der Waals surface area contributed by atoms with Crippen molar-refractivity contribution < 1.29 is 9.59 Å². The summed E-state index contributed by atoms with van der Waals surface area (Å²) in [6, 6.07) is 7.87. The van der Waals surface area contributed by atoms with Crippen molar-refractivity contribution in [2.45, 2.75) is 52.4 Å². The van der Waals surface area contributed by atoms with Crippen LogP contribution in [0.15, 0.2) is 24.3 Å². The van der Waals surface area contributed by atoms with Crippen molar-refractivity contribution in [2.24, 2.45) is 5.41 Å². The van der Waals surface area contributed by atoms with Crippen LogP contribution in [0.2, 0.25) is 0 Å². The van der Waals surface area contributed by atoms with E-state index in [4.69, 9.17) is 0 Å². The molecule has 2 amide bonds. The predicted octanol–water partition coefficient (Wildman–Crippen LogP) is 3.79. The van der Waals surface area contributed by atoms with E-state index < -0.39 is 5.41 Å². The van der Waals surface area contributed by atoms with Crippen LogP contribution in [-0.2, 0) is 9.59 Å². The fourth-order valence-electron chi connectivity index (χ4n) is 2.73. The maximum atomic E-state index is 12.6. The topological polar surface area (TPSA) is 49.4 Å². The van der Waals surface area contributed by atoms with Crippen molar-refractivity contribution in [1.29, 1.82) is 0 Å². The monoisotopic (exact) mass is 316 g/mol. The fraction of sp³-hybridized carbons (Fsp3) is 0.579. The summed E-state index contributed by atoms with van der Waals surface area (Å²) in [4.78, 5) is 26.9. The molecule has 1 fully saturated rings. The number of anilines is 1. The Kier molecular flexibility index (Phi) is 5.45. The van der Waals surface area contributed by atoms with Gasteiger partial charge in [0.25, 0.3) is 0 Å². The first-order valence-electron chi connectivity index (χ1n) is 8.57. The van der Waals surface area contributed by atoms with Gasteiger partial charge in [0, 0.05) is 19.3 Å². The van der Waals surface area contributed by atoms with Crippen LogP contribution in [0.1, 0.15) is 57.9 Å². The van der Waals surface area contributed by atoms with E-state index in [0.717, 1.165) is 18.5 Å². The van der Waals surface area contributed by atoms with Crippen molar-refractivity contribution in [3.8, 4) is 0 Å². The summed E-state index contributed by atoms with van der Waals surface area (Å²) in [7, 11) is 1.79. The maximum Gasteiger partial charge on any atom is 0.240 e. The Hall–Kier alpha value is -1.84. The highest BCUT2D eigenvalue weighted by molar-refractivity contribution is 6.12. The molecule has 1 aromatic rings. The Morgan fingerprint density at radius 3 is 2.30 bits per heavy atom. The Balaban J connectivity index is 2.00. The third-order valence-electron chi connectivity index (χ3n) is 4.62. The molecular formula is C19H28N2O2. The van der Waals surface area contributed by atoms with Gasteiger partial charge in [0.2, 0.25) is 11.8 Å². The molecule has 1 saturated carbocycles. The molecule has 23 heavy (non-hydrogen) atoms. The number of carbonyl (C=O) groups excluding carboxylic acids is 2. The number of benzene rings is 1. The minimum atomic E-state index is -0.834. The number of nitrogens with one attached hydrogen (secondary N) is 1. The zero-order valence-electron chi connectivity index (χ0n) is 14.7. The van der Waals surface area contributed by atoms with E-state index in [1.54, 1.807) is 11.9 Å². The standard InChI is InChI=1S/C19H28N2O2/c1-5-6-13-21(4)18(23)19(11-12-19)17(22)20-16-9-7-15(8-10-16)14(2)3/h7-10,14H,5-6,11-13H2,1-4H3,(H,20,22). The fourth-order valence-corrected chi connectivity index (χ4v) is 2.73. The largest absolute Gasteiger partial charge is 0.345 e. The van der Waals surface area contributed by atoms with Crippen LogP contribution in [0.4, 0.5) is 5.69 Å². The molecule has 0 saturated heterocycles. The lowest BCUT2D eigenvalue weighted by atomic mass is 10.0. The van der Waals surface area contributed by atoms with Gasteiger partial charge in [0.05, 0.1) is 0 Å². The number of rotatable bonds is 7.